The molecule has 2 fully saturated rings. The highest BCUT2D eigenvalue weighted by Gasteiger charge is 2.39. The summed E-state index contributed by atoms with van der Waals surface area (Å²) in [5.41, 5.74) is -0.122. The number of piperidine rings is 2. The summed E-state index contributed by atoms with van der Waals surface area (Å²) < 4.78 is 0. The molecule has 3 N–H and O–H groups in total. The van der Waals surface area contributed by atoms with Crippen LogP contribution in [0.3, 0.4) is 0 Å². The largest absolute Gasteiger partial charge is 0.343 e. The molecule has 2 unspecified atom stereocenters. The monoisotopic (exact) mass is 267 g/mol. The molecule has 0 saturated carbocycles. The van der Waals surface area contributed by atoms with Gasteiger partial charge >= 0.3 is 0 Å². The van der Waals surface area contributed by atoms with Crippen LogP contribution < -0.4 is 16.0 Å². The van der Waals surface area contributed by atoms with Gasteiger partial charge in [0.15, 0.2) is 0 Å². The van der Waals surface area contributed by atoms with Crippen LogP contribution in [-0.2, 0) is 14.4 Å². The van der Waals surface area contributed by atoms with Crippen LogP contribution in [0.25, 0.3) is 0 Å². The normalized spacial score (nSPS) is 30.6. The van der Waals surface area contributed by atoms with Gasteiger partial charge in [0.25, 0.3) is 0 Å². The Kier molecular flexibility index (Phi) is 3.89. The first-order chi connectivity index (χ1) is 8.90. The highest BCUT2D eigenvalue weighted by molar-refractivity contribution is 6.02. The molecular formula is C13H21N3O3. The third-order valence-electron chi connectivity index (χ3n) is 3.95. The molecule has 2 aliphatic rings. The Labute approximate surface area is 112 Å². The Hall–Kier alpha value is -1.43. The number of carbonyl (C=O) groups excluding carboxylic acids is 3. The maximum atomic E-state index is 12.3. The number of rotatable bonds is 2. The minimum atomic E-state index is -0.593. The second kappa shape index (κ2) is 5.28. The number of hydrogen-bond donors (Lipinski definition) is 3. The van der Waals surface area contributed by atoms with Gasteiger partial charge in [-0.25, -0.2) is 0 Å². The van der Waals surface area contributed by atoms with Gasteiger partial charge in [0, 0.05) is 6.42 Å². The van der Waals surface area contributed by atoms with Gasteiger partial charge in [-0.1, -0.05) is 13.8 Å². The molecule has 0 radical (unpaired) electrons. The van der Waals surface area contributed by atoms with Crippen molar-refractivity contribution in [2.45, 2.75) is 51.6 Å². The van der Waals surface area contributed by atoms with Crippen LogP contribution in [0, 0.1) is 5.41 Å². The van der Waals surface area contributed by atoms with E-state index < -0.39 is 11.9 Å². The van der Waals surface area contributed by atoms with E-state index in [1.165, 1.54) is 0 Å². The lowest BCUT2D eigenvalue weighted by molar-refractivity contribution is -0.138. The summed E-state index contributed by atoms with van der Waals surface area (Å²) in [4.78, 5) is 34.9. The van der Waals surface area contributed by atoms with Crippen molar-refractivity contribution in [3.63, 3.8) is 0 Å². The van der Waals surface area contributed by atoms with Crippen molar-refractivity contribution in [2.75, 3.05) is 6.54 Å². The third kappa shape index (κ3) is 3.12. The quantitative estimate of drug-likeness (QED) is 0.599. The van der Waals surface area contributed by atoms with Crippen molar-refractivity contribution in [1.29, 1.82) is 0 Å². The third-order valence-corrected chi connectivity index (χ3v) is 3.95. The van der Waals surface area contributed by atoms with Crippen molar-refractivity contribution in [1.82, 2.24) is 16.0 Å². The standard InChI is InChI=1S/C13H21N3O3/c1-13(2)6-3-7-14-10(13)12(19)15-8-4-5-9(17)16-11(8)18/h8,10,14H,3-7H2,1-2H3,(H,15,19)(H,16,17,18). The Morgan fingerprint density at radius 2 is 2.11 bits per heavy atom. The summed E-state index contributed by atoms with van der Waals surface area (Å²) in [6.07, 6.45) is 2.68. The average Bonchev–Trinajstić information content (AvgIpc) is 2.32. The minimum absolute atomic E-state index is 0.122. The van der Waals surface area contributed by atoms with Crippen LogP contribution in [0.1, 0.15) is 39.5 Å². The fourth-order valence-corrected chi connectivity index (χ4v) is 2.74. The molecule has 0 aromatic heterocycles. The first-order valence-electron chi connectivity index (χ1n) is 6.77. The van der Waals surface area contributed by atoms with Crippen molar-refractivity contribution in [3.05, 3.63) is 0 Å². The van der Waals surface area contributed by atoms with Crippen LogP contribution in [0.4, 0.5) is 0 Å². The second-order valence-corrected chi connectivity index (χ2v) is 5.99. The lowest BCUT2D eigenvalue weighted by Gasteiger charge is -2.39. The summed E-state index contributed by atoms with van der Waals surface area (Å²) in [6, 6.07) is -0.878. The Bertz CT molecular complexity index is 406. The molecule has 3 amide bonds. The highest BCUT2D eigenvalue weighted by Crippen LogP contribution is 2.30. The molecule has 0 aliphatic carbocycles. The second-order valence-electron chi connectivity index (χ2n) is 5.99. The lowest BCUT2D eigenvalue weighted by atomic mass is 9.77. The predicted molar refractivity (Wildman–Crippen MR) is 69.1 cm³/mol. The molecule has 0 aromatic carbocycles. The van der Waals surface area contributed by atoms with Gasteiger partial charge in [0.2, 0.25) is 17.7 Å². The summed E-state index contributed by atoms with van der Waals surface area (Å²) >= 11 is 0. The summed E-state index contributed by atoms with van der Waals surface area (Å²) in [5.74, 6) is -0.830. The van der Waals surface area contributed by atoms with E-state index in [9.17, 15) is 14.4 Å². The summed E-state index contributed by atoms with van der Waals surface area (Å²) in [7, 11) is 0. The number of hydrogen-bond acceptors (Lipinski definition) is 4. The molecule has 0 aromatic rings. The van der Waals surface area contributed by atoms with Gasteiger partial charge in [-0.15, -0.1) is 0 Å². The van der Waals surface area contributed by atoms with Gasteiger partial charge in [0.05, 0.1) is 6.04 Å². The molecule has 2 heterocycles. The van der Waals surface area contributed by atoms with Crippen LogP contribution in [-0.4, -0.2) is 36.3 Å². The van der Waals surface area contributed by atoms with E-state index in [2.05, 4.69) is 16.0 Å². The van der Waals surface area contributed by atoms with Crippen LogP contribution in [0.15, 0.2) is 0 Å². The number of imide groups is 1. The van der Waals surface area contributed by atoms with E-state index in [1.54, 1.807) is 0 Å². The number of carbonyl (C=O) groups is 3. The van der Waals surface area contributed by atoms with Gasteiger partial charge in [0.1, 0.15) is 6.04 Å². The highest BCUT2D eigenvalue weighted by atomic mass is 16.2. The van der Waals surface area contributed by atoms with Crippen molar-refractivity contribution in [2.24, 2.45) is 5.41 Å². The van der Waals surface area contributed by atoms with E-state index in [-0.39, 0.29) is 29.7 Å². The van der Waals surface area contributed by atoms with E-state index >= 15 is 0 Å². The predicted octanol–water partition coefficient (Wildman–Crippen LogP) is -0.314. The molecule has 2 aliphatic heterocycles. The smallest absolute Gasteiger partial charge is 0.249 e. The molecular weight excluding hydrogens is 246 g/mol. The first kappa shape index (κ1) is 14.0. The molecule has 19 heavy (non-hydrogen) atoms. The molecule has 2 atom stereocenters. The maximum absolute atomic E-state index is 12.3. The molecule has 0 bridgehead atoms. The molecule has 6 nitrogen and oxygen atoms in total. The number of amides is 3. The lowest BCUT2D eigenvalue weighted by Crippen LogP contribution is -2.60. The Morgan fingerprint density at radius 1 is 1.37 bits per heavy atom. The van der Waals surface area contributed by atoms with Gasteiger partial charge in [-0.2, -0.15) is 0 Å². The molecule has 106 valence electrons. The van der Waals surface area contributed by atoms with E-state index in [0.717, 1.165) is 19.4 Å². The van der Waals surface area contributed by atoms with Crippen LogP contribution in [0.5, 0.6) is 0 Å². The zero-order valence-corrected chi connectivity index (χ0v) is 11.4. The first-order valence-corrected chi connectivity index (χ1v) is 6.77. The fraction of sp³-hybridized carbons (Fsp3) is 0.769. The topological polar surface area (TPSA) is 87.3 Å². The fourth-order valence-electron chi connectivity index (χ4n) is 2.74. The number of nitrogens with one attached hydrogen (secondary N) is 3. The van der Waals surface area contributed by atoms with Gasteiger partial charge in [-0.05, 0) is 31.2 Å². The average molecular weight is 267 g/mol. The van der Waals surface area contributed by atoms with E-state index in [0.29, 0.717) is 6.42 Å². The summed E-state index contributed by atoms with van der Waals surface area (Å²) in [6.45, 7) is 4.92. The van der Waals surface area contributed by atoms with E-state index in [4.69, 9.17) is 0 Å². The zero-order chi connectivity index (χ0) is 14.0. The SMILES string of the molecule is CC1(C)CCCNC1C(=O)NC1CCC(=O)NC1=O. The minimum Gasteiger partial charge on any atom is -0.343 e. The molecule has 6 heteroatoms. The van der Waals surface area contributed by atoms with Crippen molar-refractivity contribution >= 4 is 17.7 Å². The van der Waals surface area contributed by atoms with Gasteiger partial charge < -0.3 is 10.6 Å². The Balaban J connectivity index is 1.97. The van der Waals surface area contributed by atoms with Crippen LogP contribution >= 0.6 is 0 Å². The van der Waals surface area contributed by atoms with Crippen molar-refractivity contribution < 1.29 is 14.4 Å². The van der Waals surface area contributed by atoms with Crippen molar-refractivity contribution in [3.8, 4) is 0 Å². The Morgan fingerprint density at radius 3 is 2.74 bits per heavy atom. The van der Waals surface area contributed by atoms with Gasteiger partial charge in [-0.3, -0.25) is 19.7 Å². The molecule has 2 saturated heterocycles. The summed E-state index contributed by atoms with van der Waals surface area (Å²) in [5, 5.41) is 8.21. The maximum Gasteiger partial charge on any atom is 0.249 e. The van der Waals surface area contributed by atoms with E-state index in [1.807, 2.05) is 13.8 Å². The molecule has 2 rings (SSSR count). The molecule has 0 spiro atoms. The zero-order valence-electron chi connectivity index (χ0n) is 11.4. The van der Waals surface area contributed by atoms with Crippen LogP contribution in [0.2, 0.25) is 0 Å².